The van der Waals surface area contributed by atoms with Crippen LogP contribution >= 0.6 is 0 Å². The van der Waals surface area contributed by atoms with Gasteiger partial charge in [0.15, 0.2) is 0 Å². The molecule has 3 rings (SSSR count). The summed E-state index contributed by atoms with van der Waals surface area (Å²) in [5.74, 6) is -0.975. The van der Waals surface area contributed by atoms with Gasteiger partial charge in [-0.25, -0.2) is 4.39 Å². The molecule has 126 valence electrons. The summed E-state index contributed by atoms with van der Waals surface area (Å²) in [4.78, 5) is 14.4. The molecule has 24 heavy (non-hydrogen) atoms. The van der Waals surface area contributed by atoms with E-state index in [9.17, 15) is 9.18 Å². The third kappa shape index (κ3) is 3.57. The SMILES string of the molecule is CC1CN(c2ccc(NC(=O)c3ccccc3F)cc2)C(C)CO1. The molecule has 5 heteroatoms. The Balaban J connectivity index is 1.71. The largest absolute Gasteiger partial charge is 0.375 e. The van der Waals surface area contributed by atoms with Gasteiger partial charge in [0.25, 0.3) is 5.91 Å². The average Bonchev–Trinajstić information content (AvgIpc) is 2.58. The van der Waals surface area contributed by atoms with E-state index < -0.39 is 11.7 Å². The highest BCUT2D eigenvalue weighted by Crippen LogP contribution is 2.24. The zero-order valence-corrected chi connectivity index (χ0v) is 13.8. The molecule has 2 aromatic carbocycles. The Morgan fingerprint density at radius 1 is 1.17 bits per heavy atom. The van der Waals surface area contributed by atoms with Gasteiger partial charge in [-0.15, -0.1) is 0 Å². The molecule has 1 heterocycles. The molecule has 2 unspecified atom stereocenters. The summed E-state index contributed by atoms with van der Waals surface area (Å²) >= 11 is 0. The first-order chi connectivity index (χ1) is 11.5. The number of amides is 1. The van der Waals surface area contributed by atoms with Crippen molar-refractivity contribution in [2.45, 2.75) is 26.0 Å². The molecule has 2 aromatic rings. The van der Waals surface area contributed by atoms with Crippen molar-refractivity contribution in [1.29, 1.82) is 0 Å². The Kier molecular flexibility index (Phi) is 4.81. The molecule has 1 fully saturated rings. The molecule has 0 bridgehead atoms. The summed E-state index contributed by atoms with van der Waals surface area (Å²) in [6, 6.07) is 13.8. The van der Waals surface area contributed by atoms with Crippen LogP contribution in [0, 0.1) is 5.82 Å². The second-order valence-electron chi connectivity index (χ2n) is 6.13. The molecule has 0 saturated carbocycles. The van der Waals surface area contributed by atoms with Gasteiger partial charge < -0.3 is 15.0 Å². The van der Waals surface area contributed by atoms with Gasteiger partial charge in [-0.3, -0.25) is 4.79 Å². The smallest absolute Gasteiger partial charge is 0.258 e. The van der Waals surface area contributed by atoms with Gasteiger partial charge in [0, 0.05) is 24.0 Å². The Morgan fingerprint density at radius 3 is 2.58 bits per heavy atom. The first kappa shape index (κ1) is 16.5. The average molecular weight is 328 g/mol. The van der Waals surface area contributed by atoms with Crippen LogP contribution in [0.5, 0.6) is 0 Å². The molecular formula is C19H21FN2O2. The summed E-state index contributed by atoms with van der Waals surface area (Å²) in [7, 11) is 0. The number of morpholine rings is 1. The highest BCUT2D eigenvalue weighted by molar-refractivity contribution is 6.04. The Hall–Kier alpha value is -2.40. The second kappa shape index (κ2) is 7.01. The molecule has 1 amide bonds. The first-order valence-corrected chi connectivity index (χ1v) is 8.09. The van der Waals surface area contributed by atoms with Crippen molar-refractivity contribution in [2.24, 2.45) is 0 Å². The first-order valence-electron chi connectivity index (χ1n) is 8.09. The van der Waals surface area contributed by atoms with Crippen LogP contribution in [-0.4, -0.2) is 31.2 Å². The van der Waals surface area contributed by atoms with Crippen molar-refractivity contribution < 1.29 is 13.9 Å². The van der Waals surface area contributed by atoms with Crippen molar-refractivity contribution in [3.8, 4) is 0 Å². The fraction of sp³-hybridized carbons (Fsp3) is 0.316. The zero-order chi connectivity index (χ0) is 17.1. The Bertz CT molecular complexity index is 718. The lowest BCUT2D eigenvalue weighted by atomic mass is 10.1. The van der Waals surface area contributed by atoms with Crippen LogP contribution in [0.15, 0.2) is 48.5 Å². The highest BCUT2D eigenvalue weighted by Gasteiger charge is 2.23. The fourth-order valence-corrected chi connectivity index (χ4v) is 2.84. The van der Waals surface area contributed by atoms with E-state index >= 15 is 0 Å². The molecule has 0 aromatic heterocycles. The molecule has 0 spiro atoms. The summed E-state index contributed by atoms with van der Waals surface area (Å²) < 4.78 is 19.3. The van der Waals surface area contributed by atoms with Gasteiger partial charge >= 0.3 is 0 Å². The summed E-state index contributed by atoms with van der Waals surface area (Å²) in [6.07, 6.45) is 0.196. The maximum Gasteiger partial charge on any atom is 0.258 e. The lowest BCUT2D eigenvalue weighted by Crippen LogP contribution is -2.47. The maximum absolute atomic E-state index is 13.7. The van der Waals surface area contributed by atoms with Crippen molar-refractivity contribution in [2.75, 3.05) is 23.4 Å². The molecular weight excluding hydrogens is 307 g/mol. The quantitative estimate of drug-likeness (QED) is 0.934. The van der Waals surface area contributed by atoms with Gasteiger partial charge in [-0.1, -0.05) is 12.1 Å². The van der Waals surface area contributed by atoms with Gasteiger partial charge in [0.05, 0.1) is 18.3 Å². The van der Waals surface area contributed by atoms with Crippen LogP contribution in [0.3, 0.4) is 0 Å². The van der Waals surface area contributed by atoms with E-state index in [0.29, 0.717) is 18.3 Å². The number of carbonyl (C=O) groups excluding carboxylic acids is 1. The number of hydrogen-bond donors (Lipinski definition) is 1. The minimum atomic E-state index is -0.525. The van der Waals surface area contributed by atoms with Gasteiger partial charge in [-0.05, 0) is 50.2 Å². The number of nitrogens with one attached hydrogen (secondary N) is 1. The van der Waals surface area contributed by atoms with Crippen LogP contribution in [0.1, 0.15) is 24.2 Å². The summed E-state index contributed by atoms with van der Waals surface area (Å²) in [6.45, 7) is 5.72. The molecule has 2 atom stereocenters. The fourth-order valence-electron chi connectivity index (χ4n) is 2.84. The predicted octanol–water partition coefficient (Wildman–Crippen LogP) is 3.69. The third-order valence-corrected chi connectivity index (χ3v) is 4.18. The number of halogens is 1. The molecule has 1 saturated heterocycles. The van der Waals surface area contributed by atoms with Crippen molar-refractivity contribution in [1.82, 2.24) is 0 Å². The molecule has 4 nitrogen and oxygen atoms in total. The molecule has 0 aliphatic carbocycles. The number of nitrogens with zero attached hydrogens (tertiary/aromatic N) is 1. The summed E-state index contributed by atoms with van der Waals surface area (Å²) in [5.41, 5.74) is 1.76. The van der Waals surface area contributed by atoms with E-state index in [2.05, 4.69) is 24.1 Å². The zero-order valence-electron chi connectivity index (χ0n) is 13.8. The van der Waals surface area contributed by atoms with Crippen molar-refractivity contribution in [3.05, 3.63) is 59.9 Å². The van der Waals surface area contributed by atoms with Crippen LogP contribution in [0.25, 0.3) is 0 Å². The van der Waals surface area contributed by atoms with Gasteiger partial charge in [0.1, 0.15) is 5.82 Å². The molecule has 1 aliphatic heterocycles. The van der Waals surface area contributed by atoms with E-state index in [1.54, 1.807) is 12.1 Å². The van der Waals surface area contributed by atoms with Crippen LogP contribution in [-0.2, 0) is 4.74 Å². The van der Waals surface area contributed by atoms with E-state index in [4.69, 9.17) is 4.74 Å². The van der Waals surface area contributed by atoms with E-state index in [0.717, 1.165) is 12.2 Å². The van der Waals surface area contributed by atoms with Crippen molar-refractivity contribution >= 4 is 17.3 Å². The van der Waals surface area contributed by atoms with E-state index in [1.807, 2.05) is 24.3 Å². The predicted molar refractivity (Wildman–Crippen MR) is 93.0 cm³/mol. The lowest BCUT2D eigenvalue weighted by Gasteiger charge is -2.38. The number of anilines is 2. The van der Waals surface area contributed by atoms with Gasteiger partial charge in [-0.2, -0.15) is 0 Å². The topological polar surface area (TPSA) is 41.6 Å². The minimum Gasteiger partial charge on any atom is -0.375 e. The van der Waals surface area contributed by atoms with Crippen LogP contribution < -0.4 is 10.2 Å². The molecule has 1 N–H and O–H groups in total. The Labute approximate surface area is 141 Å². The van der Waals surface area contributed by atoms with E-state index in [-0.39, 0.29) is 11.7 Å². The summed E-state index contributed by atoms with van der Waals surface area (Å²) in [5, 5.41) is 2.73. The highest BCUT2D eigenvalue weighted by atomic mass is 19.1. The Morgan fingerprint density at radius 2 is 1.88 bits per heavy atom. The van der Waals surface area contributed by atoms with E-state index in [1.165, 1.54) is 12.1 Å². The van der Waals surface area contributed by atoms with Crippen molar-refractivity contribution in [3.63, 3.8) is 0 Å². The van der Waals surface area contributed by atoms with Crippen LogP contribution in [0.2, 0.25) is 0 Å². The number of ether oxygens (including phenoxy) is 1. The number of benzene rings is 2. The number of carbonyl (C=O) groups is 1. The van der Waals surface area contributed by atoms with Crippen LogP contribution in [0.4, 0.5) is 15.8 Å². The monoisotopic (exact) mass is 328 g/mol. The normalized spacial score (nSPS) is 20.7. The number of hydrogen-bond acceptors (Lipinski definition) is 3. The third-order valence-electron chi connectivity index (χ3n) is 4.18. The number of rotatable bonds is 3. The lowest BCUT2D eigenvalue weighted by molar-refractivity contribution is 0.0344. The molecule has 0 radical (unpaired) electrons. The standard InChI is InChI=1S/C19H21FN2O2/c1-13-12-24-14(2)11-22(13)16-9-7-15(8-10-16)21-19(23)17-5-3-4-6-18(17)20/h3-10,13-14H,11-12H2,1-2H3,(H,21,23). The minimum absolute atomic E-state index is 0.0391. The second-order valence-corrected chi connectivity index (χ2v) is 6.13. The van der Waals surface area contributed by atoms with Gasteiger partial charge in [0.2, 0.25) is 0 Å². The molecule has 1 aliphatic rings. The maximum atomic E-state index is 13.7.